The fraction of sp³-hybridized carbons (Fsp3) is 0.625. The van der Waals surface area contributed by atoms with Gasteiger partial charge in [0.1, 0.15) is 6.04 Å². The molecule has 1 unspecified atom stereocenters. The van der Waals surface area contributed by atoms with Gasteiger partial charge >= 0.3 is 5.69 Å². The van der Waals surface area contributed by atoms with Crippen LogP contribution in [-0.4, -0.2) is 35.9 Å². The Morgan fingerprint density at radius 3 is 2.44 bits per heavy atom. The topological polar surface area (TPSA) is 82.3 Å². The van der Waals surface area contributed by atoms with Crippen molar-refractivity contribution in [2.24, 2.45) is 13.0 Å². The average molecular weight is 458 g/mol. The van der Waals surface area contributed by atoms with Crippen molar-refractivity contribution in [2.45, 2.75) is 76.5 Å². The van der Waals surface area contributed by atoms with Crippen molar-refractivity contribution < 1.29 is 14.0 Å². The molecule has 0 radical (unpaired) electrons. The molecule has 1 aromatic carbocycles. The van der Waals surface area contributed by atoms with Crippen LogP contribution >= 0.6 is 0 Å². The highest BCUT2D eigenvalue weighted by Gasteiger charge is 2.39. The molecule has 8 heteroatoms. The van der Waals surface area contributed by atoms with Gasteiger partial charge in [0.2, 0.25) is 11.8 Å². The Bertz CT molecular complexity index is 1120. The molecule has 0 bridgehead atoms. The van der Waals surface area contributed by atoms with Crippen LogP contribution in [0.1, 0.15) is 64.0 Å². The minimum Gasteiger partial charge on any atom is -0.417 e. The molecule has 174 valence electrons. The minimum absolute atomic E-state index is 0.221. The normalized spacial score (nSPS) is 24.5. The predicted molar refractivity (Wildman–Crippen MR) is 127 cm³/mol. The van der Waals surface area contributed by atoms with Gasteiger partial charge in [0, 0.05) is 20.1 Å². The molecule has 2 amide bonds. The summed E-state index contributed by atoms with van der Waals surface area (Å²) in [5.74, 6) is 0.380. The highest BCUT2D eigenvalue weighted by atomic mass is 28.4. The summed E-state index contributed by atoms with van der Waals surface area (Å²) >= 11 is 0. The summed E-state index contributed by atoms with van der Waals surface area (Å²) in [4.78, 5) is 36.8. The molecule has 7 nitrogen and oxygen atoms in total. The van der Waals surface area contributed by atoms with Crippen LogP contribution in [0.15, 0.2) is 23.0 Å². The fourth-order valence-electron chi connectivity index (χ4n) is 4.55. The number of aromatic nitrogens is 2. The molecule has 1 aliphatic heterocycles. The number of nitrogens with zero attached hydrogens (tertiary/aromatic N) is 2. The van der Waals surface area contributed by atoms with Crippen molar-refractivity contribution in [1.29, 1.82) is 0 Å². The van der Waals surface area contributed by atoms with E-state index in [1.807, 2.05) is 6.07 Å². The molecule has 1 aliphatic carbocycles. The Morgan fingerprint density at radius 1 is 1.12 bits per heavy atom. The van der Waals surface area contributed by atoms with E-state index < -0.39 is 20.3 Å². The second kappa shape index (κ2) is 7.99. The number of nitrogens with one attached hydrogen (secondary N) is 1. The second-order valence-corrected chi connectivity index (χ2v) is 15.8. The Balaban J connectivity index is 1.49. The van der Waals surface area contributed by atoms with Gasteiger partial charge in [-0.1, -0.05) is 26.8 Å². The van der Waals surface area contributed by atoms with E-state index in [0.29, 0.717) is 18.3 Å². The zero-order chi connectivity index (χ0) is 23.4. The second-order valence-electron chi connectivity index (χ2n) is 11.0. The maximum atomic E-state index is 12.9. The Kier molecular flexibility index (Phi) is 5.74. The van der Waals surface area contributed by atoms with Crippen LogP contribution in [-0.2, 0) is 21.1 Å². The van der Waals surface area contributed by atoms with E-state index in [-0.39, 0.29) is 23.1 Å². The zero-order valence-electron chi connectivity index (χ0n) is 20.0. The number of benzene rings is 1. The van der Waals surface area contributed by atoms with E-state index in [4.69, 9.17) is 4.43 Å². The van der Waals surface area contributed by atoms with Gasteiger partial charge in [-0.05, 0) is 66.9 Å². The number of imide groups is 1. The third-order valence-electron chi connectivity index (χ3n) is 7.83. The van der Waals surface area contributed by atoms with Crippen molar-refractivity contribution in [3.63, 3.8) is 0 Å². The lowest BCUT2D eigenvalue weighted by molar-refractivity contribution is -0.135. The summed E-state index contributed by atoms with van der Waals surface area (Å²) < 4.78 is 9.55. The van der Waals surface area contributed by atoms with E-state index in [1.165, 1.54) is 10.1 Å². The van der Waals surface area contributed by atoms with Gasteiger partial charge in [-0.25, -0.2) is 4.79 Å². The lowest BCUT2D eigenvalue weighted by atomic mass is 9.72. The number of carbonyl (C=O) groups is 2. The first-order valence-electron chi connectivity index (χ1n) is 11.6. The number of carbonyl (C=O) groups excluding carboxylic acids is 2. The molecule has 2 aliphatic rings. The van der Waals surface area contributed by atoms with Crippen LogP contribution in [0.25, 0.3) is 11.0 Å². The summed E-state index contributed by atoms with van der Waals surface area (Å²) in [5, 5.41) is 2.58. The van der Waals surface area contributed by atoms with Gasteiger partial charge in [-0.2, -0.15) is 0 Å². The fourth-order valence-corrected chi connectivity index (χ4v) is 5.64. The minimum atomic E-state index is -1.72. The number of piperidine rings is 1. The largest absolute Gasteiger partial charge is 0.417 e. The van der Waals surface area contributed by atoms with Crippen molar-refractivity contribution in [3.8, 4) is 0 Å². The van der Waals surface area contributed by atoms with E-state index in [2.05, 4.69) is 51.3 Å². The molecule has 1 saturated carbocycles. The third-order valence-corrected chi connectivity index (χ3v) is 12.3. The summed E-state index contributed by atoms with van der Waals surface area (Å²) in [6.45, 7) is 12.2. The predicted octanol–water partition coefficient (Wildman–Crippen LogP) is 3.83. The molecule has 2 fully saturated rings. The van der Waals surface area contributed by atoms with Crippen LogP contribution < -0.4 is 11.0 Å². The number of hydrogen-bond donors (Lipinski definition) is 1. The zero-order valence-corrected chi connectivity index (χ0v) is 21.0. The van der Waals surface area contributed by atoms with Crippen molar-refractivity contribution in [2.75, 3.05) is 6.61 Å². The quantitative estimate of drug-likeness (QED) is 0.546. The van der Waals surface area contributed by atoms with Crippen LogP contribution in [0.3, 0.4) is 0 Å². The van der Waals surface area contributed by atoms with Crippen LogP contribution in [0.4, 0.5) is 0 Å². The standard InChI is InChI=1S/C24H35N3O4Si/c1-24(2,3)32(5,6)31-14-15-11-17(12-15)16-7-8-18-20(13-16)26(4)23(30)27(18)19-9-10-21(28)25-22(19)29/h7-8,13,15,17,19H,9-12,14H2,1-6H3,(H,25,28,29). The van der Waals surface area contributed by atoms with E-state index >= 15 is 0 Å². The number of hydrogen-bond acceptors (Lipinski definition) is 4. The Labute approximate surface area is 190 Å². The average Bonchev–Trinajstić information content (AvgIpc) is 2.90. The van der Waals surface area contributed by atoms with Crippen molar-refractivity contribution >= 4 is 31.2 Å². The molecule has 1 saturated heterocycles. The lowest BCUT2D eigenvalue weighted by Gasteiger charge is -2.41. The van der Waals surface area contributed by atoms with Crippen molar-refractivity contribution in [1.82, 2.24) is 14.5 Å². The highest BCUT2D eigenvalue weighted by molar-refractivity contribution is 6.74. The molecule has 32 heavy (non-hydrogen) atoms. The van der Waals surface area contributed by atoms with Crippen LogP contribution in [0.5, 0.6) is 0 Å². The SMILES string of the molecule is Cn1c(=O)n(C2CCC(=O)NC2=O)c2ccc(C3CC(CO[Si](C)(C)C(C)(C)C)C3)cc21. The molecule has 1 N–H and O–H groups in total. The number of fused-ring (bicyclic) bond motifs is 1. The number of rotatable bonds is 5. The van der Waals surface area contributed by atoms with Gasteiger partial charge in [0.15, 0.2) is 8.32 Å². The van der Waals surface area contributed by atoms with Gasteiger partial charge in [0.05, 0.1) is 11.0 Å². The maximum Gasteiger partial charge on any atom is 0.329 e. The number of aryl methyl sites for hydroxylation is 1. The van der Waals surface area contributed by atoms with Crippen molar-refractivity contribution in [3.05, 3.63) is 34.2 Å². The van der Waals surface area contributed by atoms with Gasteiger partial charge in [-0.15, -0.1) is 0 Å². The van der Waals surface area contributed by atoms with Gasteiger partial charge in [-0.3, -0.25) is 24.0 Å². The molecule has 0 spiro atoms. The first kappa shape index (κ1) is 23.0. The van der Waals surface area contributed by atoms with Gasteiger partial charge < -0.3 is 4.43 Å². The molecule has 1 aromatic heterocycles. The van der Waals surface area contributed by atoms with Gasteiger partial charge in [0.25, 0.3) is 0 Å². The molecule has 2 heterocycles. The third kappa shape index (κ3) is 3.99. The monoisotopic (exact) mass is 457 g/mol. The Hall–Kier alpha value is -2.19. The first-order valence-corrected chi connectivity index (χ1v) is 14.5. The highest BCUT2D eigenvalue weighted by Crippen LogP contribution is 2.44. The summed E-state index contributed by atoms with van der Waals surface area (Å²) in [6, 6.07) is 5.49. The molecule has 4 rings (SSSR count). The molecular weight excluding hydrogens is 422 g/mol. The molecular formula is C24H35N3O4Si. The smallest absolute Gasteiger partial charge is 0.329 e. The van der Waals surface area contributed by atoms with E-state index in [1.54, 1.807) is 11.6 Å². The Morgan fingerprint density at radius 2 is 1.81 bits per heavy atom. The summed E-state index contributed by atoms with van der Waals surface area (Å²) in [7, 11) is 0.0237. The number of imidazole rings is 1. The molecule has 1 atom stereocenters. The summed E-state index contributed by atoms with van der Waals surface area (Å²) in [5.41, 5.74) is 2.59. The maximum absolute atomic E-state index is 12.9. The molecule has 2 aromatic rings. The summed E-state index contributed by atoms with van der Waals surface area (Å²) in [6.07, 6.45) is 2.80. The first-order chi connectivity index (χ1) is 14.9. The van der Waals surface area contributed by atoms with Crippen LogP contribution in [0.2, 0.25) is 18.1 Å². The lowest BCUT2D eigenvalue weighted by Crippen LogP contribution is -2.44. The van der Waals surface area contributed by atoms with Crippen LogP contribution in [0, 0.1) is 5.92 Å². The number of amides is 2. The van der Waals surface area contributed by atoms with E-state index in [0.717, 1.165) is 30.5 Å². The van der Waals surface area contributed by atoms with E-state index in [9.17, 15) is 14.4 Å².